The molecule has 4 nitrogen and oxygen atoms in total. The minimum absolute atomic E-state index is 0. The van der Waals surface area contributed by atoms with Gasteiger partial charge in [-0.1, -0.05) is 12.8 Å². The highest BCUT2D eigenvalue weighted by molar-refractivity contribution is 14.0. The molecule has 118 valence electrons. The fourth-order valence-electron chi connectivity index (χ4n) is 2.84. The highest BCUT2D eigenvalue weighted by Crippen LogP contribution is 2.32. The molecule has 1 atom stereocenters. The van der Waals surface area contributed by atoms with Crippen molar-refractivity contribution < 1.29 is 0 Å². The second kappa shape index (κ2) is 8.68. The van der Waals surface area contributed by atoms with Crippen molar-refractivity contribution in [2.24, 2.45) is 10.7 Å². The number of aliphatic imine (C=N–C) groups is 1. The Balaban J connectivity index is 0.00000200. The van der Waals surface area contributed by atoms with Crippen LogP contribution in [0.2, 0.25) is 0 Å². The standard InChI is InChI=1S/C14H28N4S.HI/c1-17(2)14(7-10-19-12-14)11-16-13(15)18-8-5-3-4-6-9-18;/h3-12H2,1-2H3,(H2,15,16);1H. The first-order valence-electron chi connectivity index (χ1n) is 7.44. The molecule has 0 aliphatic carbocycles. The van der Waals surface area contributed by atoms with Crippen molar-refractivity contribution in [2.75, 3.05) is 45.2 Å². The van der Waals surface area contributed by atoms with Crippen LogP contribution in [0.1, 0.15) is 32.1 Å². The first-order valence-corrected chi connectivity index (χ1v) is 8.60. The highest BCUT2D eigenvalue weighted by atomic mass is 127. The second-order valence-corrected chi connectivity index (χ2v) is 7.10. The van der Waals surface area contributed by atoms with E-state index in [9.17, 15) is 0 Å². The van der Waals surface area contributed by atoms with E-state index >= 15 is 0 Å². The van der Waals surface area contributed by atoms with Gasteiger partial charge in [-0.25, -0.2) is 0 Å². The number of guanidine groups is 1. The molecule has 0 spiro atoms. The normalized spacial score (nSPS) is 28.4. The number of hydrogen-bond donors (Lipinski definition) is 1. The predicted octanol–water partition coefficient (Wildman–Crippen LogP) is 2.23. The Kier molecular flexibility index (Phi) is 7.97. The molecule has 1 unspecified atom stereocenters. The van der Waals surface area contributed by atoms with Crippen molar-refractivity contribution in [3.05, 3.63) is 0 Å². The Hall–Kier alpha value is 0.310. The zero-order chi connectivity index (χ0) is 13.7. The minimum Gasteiger partial charge on any atom is -0.370 e. The molecule has 0 saturated carbocycles. The monoisotopic (exact) mass is 412 g/mol. The molecule has 0 bridgehead atoms. The molecule has 6 heteroatoms. The van der Waals surface area contributed by atoms with E-state index in [1.807, 2.05) is 11.8 Å². The number of hydrogen-bond acceptors (Lipinski definition) is 3. The maximum atomic E-state index is 6.21. The lowest BCUT2D eigenvalue weighted by Gasteiger charge is -2.34. The van der Waals surface area contributed by atoms with Crippen molar-refractivity contribution in [3.63, 3.8) is 0 Å². The van der Waals surface area contributed by atoms with Crippen molar-refractivity contribution in [1.82, 2.24) is 9.80 Å². The van der Waals surface area contributed by atoms with Gasteiger partial charge < -0.3 is 15.5 Å². The molecule has 2 aliphatic rings. The molecule has 2 fully saturated rings. The third kappa shape index (κ3) is 4.66. The quantitative estimate of drug-likeness (QED) is 0.439. The summed E-state index contributed by atoms with van der Waals surface area (Å²) in [4.78, 5) is 9.35. The van der Waals surface area contributed by atoms with Crippen LogP contribution in [0.4, 0.5) is 0 Å². The summed E-state index contributed by atoms with van der Waals surface area (Å²) in [5.41, 5.74) is 6.43. The average molecular weight is 412 g/mol. The Morgan fingerprint density at radius 3 is 2.40 bits per heavy atom. The summed E-state index contributed by atoms with van der Waals surface area (Å²) in [6.07, 6.45) is 6.40. The summed E-state index contributed by atoms with van der Waals surface area (Å²) in [5, 5.41) is 0. The number of rotatable bonds is 3. The fourth-order valence-corrected chi connectivity index (χ4v) is 4.39. The first-order chi connectivity index (χ1) is 9.14. The van der Waals surface area contributed by atoms with Gasteiger partial charge in [0, 0.05) is 24.4 Å². The lowest BCUT2D eigenvalue weighted by Crippen LogP contribution is -2.48. The van der Waals surface area contributed by atoms with Gasteiger partial charge in [0.15, 0.2) is 5.96 Å². The Morgan fingerprint density at radius 1 is 1.25 bits per heavy atom. The largest absolute Gasteiger partial charge is 0.370 e. The molecule has 0 aromatic heterocycles. The molecular weight excluding hydrogens is 383 g/mol. The third-order valence-corrected chi connectivity index (χ3v) is 5.73. The van der Waals surface area contributed by atoms with E-state index in [4.69, 9.17) is 10.7 Å². The van der Waals surface area contributed by atoms with Crippen LogP contribution in [0.25, 0.3) is 0 Å². The van der Waals surface area contributed by atoms with Crippen LogP contribution >= 0.6 is 35.7 Å². The van der Waals surface area contributed by atoms with Crippen LogP contribution in [-0.2, 0) is 0 Å². The summed E-state index contributed by atoms with van der Waals surface area (Å²) in [5.74, 6) is 3.19. The van der Waals surface area contributed by atoms with Crippen molar-refractivity contribution in [1.29, 1.82) is 0 Å². The fraction of sp³-hybridized carbons (Fsp3) is 0.929. The van der Waals surface area contributed by atoms with Crippen LogP contribution in [0.3, 0.4) is 0 Å². The van der Waals surface area contributed by atoms with E-state index in [1.54, 1.807) is 0 Å². The predicted molar refractivity (Wildman–Crippen MR) is 100 cm³/mol. The van der Waals surface area contributed by atoms with Gasteiger partial charge in [0.1, 0.15) is 0 Å². The van der Waals surface area contributed by atoms with E-state index < -0.39 is 0 Å². The number of likely N-dealkylation sites (tertiary alicyclic amines) is 1. The molecule has 2 N–H and O–H groups in total. The number of halogens is 1. The Labute approximate surface area is 144 Å². The summed E-state index contributed by atoms with van der Waals surface area (Å²) >= 11 is 2.03. The van der Waals surface area contributed by atoms with E-state index in [0.29, 0.717) is 0 Å². The lowest BCUT2D eigenvalue weighted by molar-refractivity contribution is 0.189. The minimum atomic E-state index is 0. The van der Waals surface area contributed by atoms with Gasteiger partial charge in [-0.05, 0) is 39.1 Å². The molecule has 0 aromatic rings. The Bertz CT molecular complexity index is 308. The van der Waals surface area contributed by atoms with E-state index in [1.165, 1.54) is 43.6 Å². The van der Waals surface area contributed by atoms with Gasteiger partial charge in [-0.2, -0.15) is 11.8 Å². The molecule has 2 rings (SSSR count). The van der Waals surface area contributed by atoms with Gasteiger partial charge in [-0.15, -0.1) is 24.0 Å². The smallest absolute Gasteiger partial charge is 0.191 e. The molecule has 0 amide bonds. The molecule has 2 aliphatic heterocycles. The van der Waals surface area contributed by atoms with Crippen LogP contribution in [0.5, 0.6) is 0 Å². The zero-order valence-corrected chi connectivity index (χ0v) is 16.0. The van der Waals surface area contributed by atoms with E-state index in [2.05, 4.69) is 23.9 Å². The topological polar surface area (TPSA) is 44.9 Å². The molecule has 20 heavy (non-hydrogen) atoms. The third-order valence-electron chi connectivity index (χ3n) is 4.50. The Morgan fingerprint density at radius 2 is 1.90 bits per heavy atom. The highest BCUT2D eigenvalue weighted by Gasteiger charge is 2.36. The number of likely N-dealkylation sites (N-methyl/N-ethyl adjacent to an activating group) is 1. The SMILES string of the molecule is CN(C)C1(CN=C(N)N2CCCCCC2)CCSC1.I. The molecule has 2 saturated heterocycles. The number of nitrogens with zero attached hydrogens (tertiary/aromatic N) is 3. The second-order valence-electron chi connectivity index (χ2n) is 6.00. The van der Waals surface area contributed by atoms with E-state index in [-0.39, 0.29) is 29.5 Å². The summed E-state index contributed by atoms with van der Waals surface area (Å²) in [7, 11) is 4.34. The van der Waals surface area contributed by atoms with Crippen molar-refractivity contribution in [2.45, 2.75) is 37.6 Å². The molecule has 0 radical (unpaired) electrons. The maximum Gasteiger partial charge on any atom is 0.191 e. The summed E-state index contributed by atoms with van der Waals surface area (Å²) in [6.45, 7) is 3.01. The van der Waals surface area contributed by atoms with Gasteiger partial charge in [0.05, 0.1) is 6.54 Å². The van der Waals surface area contributed by atoms with Gasteiger partial charge in [-0.3, -0.25) is 4.99 Å². The summed E-state index contributed by atoms with van der Waals surface area (Å²) in [6, 6.07) is 0. The molecule has 0 aromatic carbocycles. The van der Waals surface area contributed by atoms with Gasteiger partial charge in [0.25, 0.3) is 0 Å². The number of thioether (sulfide) groups is 1. The van der Waals surface area contributed by atoms with Crippen LogP contribution in [0, 0.1) is 0 Å². The van der Waals surface area contributed by atoms with Gasteiger partial charge >= 0.3 is 0 Å². The average Bonchev–Trinajstić information content (AvgIpc) is 2.72. The maximum absolute atomic E-state index is 6.21. The van der Waals surface area contributed by atoms with Gasteiger partial charge in [0.2, 0.25) is 0 Å². The molecule has 2 heterocycles. The molecular formula is C14H29IN4S. The van der Waals surface area contributed by atoms with Crippen LogP contribution in [0.15, 0.2) is 4.99 Å². The van der Waals surface area contributed by atoms with E-state index in [0.717, 1.165) is 25.6 Å². The van der Waals surface area contributed by atoms with Crippen LogP contribution in [-0.4, -0.2) is 66.5 Å². The first kappa shape index (κ1) is 18.4. The zero-order valence-electron chi connectivity index (χ0n) is 12.8. The number of nitrogens with two attached hydrogens (primary N) is 1. The van der Waals surface area contributed by atoms with Crippen LogP contribution < -0.4 is 5.73 Å². The summed E-state index contributed by atoms with van der Waals surface area (Å²) < 4.78 is 0. The van der Waals surface area contributed by atoms with Crippen molar-refractivity contribution in [3.8, 4) is 0 Å². The van der Waals surface area contributed by atoms with Crippen molar-refractivity contribution >= 4 is 41.7 Å². The lowest BCUT2D eigenvalue weighted by atomic mass is 9.98.